The molecule has 6 heteroatoms. The zero-order valence-corrected chi connectivity index (χ0v) is 13.8. The fourth-order valence-corrected chi connectivity index (χ4v) is 3.29. The van der Waals surface area contributed by atoms with Crippen LogP contribution in [0.2, 0.25) is 0 Å². The van der Waals surface area contributed by atoms with E-state index in [0.29, 0.717) is 12.2 Å². The number of hydrogen-bond acceptors (Lipinski definition) is 3. The summed E-state index contributed by atoms with van der Waals surface area (Å²) in [4.78, 5) is 16.3. The summed E-state index contributed by atoms with van der Waals surface area (Å²) in [7, 11) is 0. The lowest BCUT2D eigenvalue weighted by Crippen LogP contribution is -2.37. The smallest absolute Gasteiger partial charge is 0.223 e. The molecule has 5 nitrogen and oxygen atoms in total. The second-order valence-corrected chi connectivity index (χ2v) is 6.47. The zero-order valence-electron chi connectivity index (χ0n) is 13.8. The molecule has 1 aliphatic rings. The van der Waals surface area contributed by atoms with E-state index in [1.165, 1.54) is 6.07 Å². The molecule has 1 aliphatic carbocycles. The summed E-state index contributed by atoms with van der Waals surface area (Å²) in [5, 5.41) is 2.90. The highest BCUT2D eigenvalue weighted by Crippen LogP contribution is 2.23. The van der Waals surface area contributed by atoms with Crippen molar-refractivity contribution < 1.29 is 9.18 Å². The summed E-state index contributed by atoms with van der Waals surface area (Å²) in [5.41, 5.74) is 7.12. The molecule has 1 aromatic heterocycles. The van der Waals surface area contributed by atoms with Crippen LogP contribution >= 0.6 is 0 Å². The Morgan fingerprint density at radius 1 is 1.46 bits per heavy atom. The summed E-state index contributed by atoms with van der Waals surface area (Å²) in [6.45, 7) is 2.15. The Morgan fingerprint density at radius 3 is 2.96 bits per heavy atom. The maximum Gasteiger partial charge on any atom is 0.223 e. The first-order valence-corrected chi connectivity index (χ1v) is 8.36. The van der Waals surface area contributed by atoms with Crippen LogP contribution in [0, 0.1) is 18.7 Å². The van der Waals surface area contributed by atoms with E-state index in [9.17, 15) is 9.18 Å². The molecule has 0 saturated heterocycles. The maximum atomic E-state index is 14.3. The molecular weight excluding hydrogens is 307 g/mol. The van der Waals surface area contributed by atoms with Gasteiger partial charge in [0.2, 0.25) is 5.91 Å². The minimum absolute atomic E-state index is 0.0140. The number of aromatic nitrogens is 2. The Balaban J connectivity index is 1.63. The molecule has 3 rings (SSSR count). The normalized spacial score (nSPS) is 20.8. The van der Waals surface area contributed by atoms with Gasteiger partial charge in [-0.05, 0) is 43.9 Å². The van der Waals surface area contributed by atoms with E-state index in [-0.39, 0.29) is 23.7 Å². The predicted octanol–water partition coefficient (Wildman–Crippen LogP) is 2.45. The molecule has 1 heterocycles. The third-order valence-corrected chi connectivity index (χ3v) is 4.65. The van der Waals surface area contributed by atoms with Gasteiger partial charge in [0, 0.05) is 30.9 Å². The second kappa shape index (κ2) is 7.13. The molecule has 2 aromatic rings. The van der Waals surface area contributed by atoms with Gasteiger partial charge in [0.15, 0.2) is 0 Å². The lowest BCUT2D eigenvalue weighted by molar-refractivity contribution is -0.126. The number of carbonyl (C=O) groups is 1. The molecule has 2 unspecified atom stereocenters. The van der Waals surface area contributed by atoms with Crippen LogP contribution in [-0.2, 0) is 11.3 Å². The number of carbonyl (C=O) groups excluding carboxylic acids is 1. The SMILES string of the molecule is Cc1nccn1-c1ccc(CNC(=O)C2CCCC(N)C2)cc1F. The van der Waals surface area contributed by atoms with Gasteiger partial charge in [0.25, 0.3) is 0 Å². The van der Waals surface area contributed by atoms with Crippen LogP contribution < -0.4 is 11.1 Å². The molecule has 0 spiro atoms. The van der Waals surface area contributed by atoms with Gasteiger partial charge in [-0.3, -0.25) is 4.79 Å². The molecule has 1 amide bonds. The third kappa shape index (κ3) is 3.64. The predicted molar refractivity (Wildman–Crippen MR) is 90.0 cm³/mol. The van der Waals surface area contributed by atoms with Crippen molar-refractivity contribution in [3.05, 3.63) is 47.8 Å². The molecule has 128 valence electrons. The van der Waals surface area contributed by atoms with Crippen molar-refractivity contribution in [3.8, 4) is 5.69 Å². The summed E-state index contributed by atoms with van der Waals surface area (Å²) in [6, 6.07) is 5.11. The molecule has 1 aromatic carbocycles. The van der Waals surface area contributed by atoms with Gasteiger partial charge in [0.05, 0.1) is 5.69 Å². The standard InChI is InChI=1S/C18H23FN4O/c1-12-21-7-8-23(12)17-6-5-13(9-16(17)19)11-22-18(24)14-3-2-4-15(20)10-14/h5-9,14-15H,2-4,10-11,20H2,1H3,(H,22,24). The largest absolute Gasteiger partial charge is 0.352 e. The molecule has 24 heavy (non-hydrogen) atoms. The lowest BCUT2D eigenvalue weighted by atomic mass is 9.85. The number of nitrogens with one attached hydrogen (secondary N) is 1. The van der Waals surface area contributed by atoms with Crippen molar-refractivity contribution in [2.75, 3.05) is 0 Å². The van der Waals surface area contributed by atoms with E-state index in [4.69, 9.17) is 5.73 Å². The van der Waals surface area contributed by atoms with Gasteiger partial charge in [-0.25, -0.2) is 9.37 Å². The highest BCUT2D eigenvalue weighted by atomic mass is 19.1. The van der Waals surface area contributed by atoms with Crippen molar-refractivity contribution in [3.63, 3.8) is 0 Å². The molecule has 1 fully saturated rings. The summed E-state index contributed by atoms with van der Waals surface area (Å²) >= 11 is 0. The van der Waals surface area contributed by atoms with Gasteiger partial charge in [0.1, 0.15) is 11.6 Å². The topological polar surface area (TPSA) is 72.9 Å². The Morgan fingerprint density at radius 2 is 2.29 bits per heavy atom. The zero-order chi connectivity index (χ0) is 17.1. The van der Waals surface area contributed by atoms with Gasteiger partial charge in [-0.2, -0.15) is 0 Å². The van der Waals surface area contributed by atoms with E-state index in [2.05, 4.69) is 10.3 Å². The fraction of sp³-hybridized carbons (Fsp3) is 0.444. The number of hydrogen-bond donors (Lipinski definition) is 2. The highest BCUT2D eigenvalue weighted by Gasteiger charge is 2.25. The third-order valence-electron chi connectivity index (χ3n) is 4.65. The molecule has 1 saturated carbocycles. The van der Waals surface area contributed by atoms with Crippen LogP contribution in [-0.4, -0.2) is 21.5 Å². The average molecular weight is 330 g/mol. The number of rotatable bonds is 4. The summed E-state index contributed by atoms with van der Waals surface area (Å²) in [6.07, 6.45) is 6.96. The van der Waals surface area contributed by atoms with E-state index in [1.54, 1.807) is 23.0 Å². The first-order chi connectivity index (χ1) is 11.5. The summed E-state index contributed by atoms with van der Waals surface area (Å²) in [5.74, 6) is 0.387. The van der Waals surface area contributed by atoms with E-state index in [1.807, 2.05) is 13.0 Å². The first kappa shape index (κ1) is 16.6. The molecule has 0 radical (unpaired) electrons. The average Bonchev–Trinajstić information content (AvgIpc) is 2.98. The maximum absolute atomic E-state index is 14.3. The molecular formula is C18H23FN4O. The van der Waals surface area contributed by atoms with Crippen LogP contribution in [0.15, 0.2) is 30.6 Å². The Hall–Kier alpha value is -2.21. The number of benzene rings is 1. The van der Waals surface area contributed by atoms with Crippen LogP contribution in [0.1, 0.15) is 37.1 Å². The van der Waals surface area contributed by atoms with E-state index in [0.717, 1.165) is 37.1 Å². The minimum atomic E-state index is -0.331. The van der Waals surface area contributed by atoms with E-state index >= 15 is 0 Å². The van der Waals surface area contributed by atoms with Crippen LogP contribution in [0.3, 0.4) is 0 Å². The van der Waals surface area contributed by atoms with Crippen molar-refractivity contribution in [1.29, 1.82) is 0 Å². The van der Waals surface area contributed by atoms with Crippen LogP contribution in [0.25, 0.3) is 5.69 Å². The van der Waals surface area contributed by atoms with Crippen LogP contribution in [0.5, 0.6) is 0 Å². The van der Waals surface area contributed by atoms with Gasteiger partial charge in [-0.15, -0.1) is 0 Å². The minimum Gasteiger partial charge on any atom is -0.352 e. The number of amides is 1. The van der Waals surface area contributed by atoms with Gasteiger partial charge in [-0.1, -0.05) is 12.5 Å². The number of imidazole rings is 1. The van der Waals surface area contributed by atoms with Crippen molar-refractivity contribution in [1.82, 2.24) is 14.9 Å². The summed E-state index contributed by atoms with van der Waals surface area (Å²) < 4.78 is 16.0. The van der Waals surface area contributed by atoms with Crippen molar-refractivity contribution in [2.24, 2.45) is 11.7 Å². The van der Waals surface area contributed by atoms with Crippen molar-refractivity contribution in [2.45, 2.75) is 45.2 Å². The second-order valence-electron chi connectivity index (χ2n) is 6.47. The lowest BCUT2D eigenvalue weighted by Gasteiger charge is -2.25. The van der Waals surface area contributed by atoms with E-state index < -0.39 is 0 Å². The highest BCUT2D eigenvalue weighted by molar-refractivity contribution is 5.78. The monoisotopic (exact) mass is 330 g/mol. The number of halogens is 1. The van der Waals surface area contributed by atoms with Gasteiger partial charge >= 0.3 is 0 Å². The Bertz CT molecular complexity index is 728. The number of nitrogens with zero attached hydrogens (tertiary/aromatic N) is 2. The molecule has 3 N–H and O–H groups in total. The molecule has 2 atom stereocenters. The fourth-order valence-electron chi connectivity index (χ4n) is 3.29. The Labute approximate surface area is 141 Å². The Kier molecular flexibility index (Phi) is 4.94. The molecule has 0 aliphatic heterocycles. The quantitative estimate of drug-likeness (QED) is 0.904. The molecule has 0 bridgehead atoms. The number of aryl methyl sites for hydroxylation is 1. The number of nitrogens with two attached hydrogens (primary N) is 1. The van der Waals surface area contributed by atoms with Gasteiger partial charge < -0.3 is 15.6 Å². The van der Waals surface area contributed by atoms with Crippen LogP contribution in [0.4, 0.5) is 4.39 Å². The first-order valence-electron chi connectivity index (χ1n) is 8.36. The van der Waals surface area contributed by atoms with Crippen molar-refractivity contribution >= 4 is 5.91 Å².